The van der Waals surface area contributed by atoms with Gasteiger partial charge in [0.25, 0.3) is 0 Å². The minimum atomic E-state index is -4.14. The van der Waals surface area contributed by atoms with Crippen molar-refractivity contribution in [3.63, 3.8) is 0 Å². The number of nitrogens with one attached hydrogen (secondary N) is 2. The van der Waals surface area contributed by atoms with E-state index < -0.39 is 52.2 Å². The summed E-state index contributed by atoms with van der Waals surface area (Å²) in [5.74, 6) is -0.0644. The summed E-state index contributed by atoms with van der Waals surface area (Å²) in [5.41, 5.74) is 6.51. The molecule has 13 nitrogen and oxygen atoms in total. The molecule has 5 N–H and O–H groups in total. The average Bonchev–Trinajstić information content (AvgIpc) is 3.64. The maximum absolute atomic E-state index is 14.1. The molecule has 2 aromatic carbocycles. The molecule has 14 heteroatoms. The molecule has 2 saturated heterocycles. The number of amides is 2. The van der Waals surface area contributed by atoms with E-state index in [1.54, 1.807) is 26.0 Å². The van der Waals surface area contributed by atoms with Crippen LogP contribution in [0.5, 0.6) is 0 Å². The van der Waals surface area contributed by atoms with Gasteiger partial charge in [0.1, 0.15) is 6.10 Å². The highest BCUT2D eigenvalue weighted by Crippen LogP contribution is 2.33. The molecule has 0 saturated carbocycles. The molecule has 0 spiro atoms. The second-order valence-electron chi connectivity index (χ2n) is 13.5. The monoisotopic (exact) mass is 690 g/mol. The molecule has 4 rings (SSSR count). The number of nitrogens with zero attached hydrogens (tertiary/aromatic N) is 1. The number of nitrogens with two attached hydrogens (primary N) is 1. The fourth-order valence-electron chi connectivity index (χ4n) is 6.00. The van der Waals surface area contributed by atoms with Crippen LogP contribution in [0.1, 0.15) is 52.5 Å². The third-order valence-electron chi connectivity index (χ3n) is 8.44. The number of fused-ring (bicyclic) bond motifs is 1. The molecule has 48 heavy (non-hydrogen) atoms. The highest BCUT2D eigenvalue weighted by Gasteiger charge is 2.44. The topological polar surface area (TPSA) is 179 Å². The zero-order chi connectivity index (χ0) is 34.9. The number of hydrogen-bond donors (Lipinski definition) is 4. The molecule has 266 valence electrons. The number of alkyl carbamates (subject to hydrolysis) is 2. The van der Waals surface area contributed by atoms with E-state index in [1.807, 2.05) is 44.2 Å². The quantitative estimate of drug-likeness (QED) is 0.150. The largest absolute Gasteiger partial charge is 0.447 e. The zero-order valence-corrected chi connectivity index (χ0v) is 29.0. The molecule has 2 heterocycles. The van der Waals surface area contributed by atoms with Crippen molar-refractivity contribution in [2.75, 3.05) is 38.6 Å². The van der Waals surface area contributed by atoms with Crippen LogP contribution in [0, 0.1) is 11.3 Å². The van der Waals surface area contributed by atoms with Crippen molar-refractivity contribution in [2.45, 2.75) is 88.9 Å². The van der Waals surface area contributed by atoms with E-state index in [4.69, 9.17) is 24.7 Å². The molecule has 2 aliphatic rings. The van der Waals surface area contributed by atoms with Crippen LogP contribution in [0.2, 0.25) is 0 Å². The third kappa shape index (κ3) is 10.8. The molecule has 0 aromatic heterocycles. The lowest BCUT2D eigenvalue weighted by atomic mass is 9.87. The summed E-state index contributed by atoms with van der Waals surface area (Å²) in [6.45, 7) is 8.20. The van der Waals surface area contributed by atoms with Crippen molar-refractivity contribution < 1.29 is 42.1 Å². The molecule has 0 radical (unpaired) electrons. The van der Waals surface area contributed by atoms with Crippen LogP contribution in [0.4, 0.5) is 15.3 Å². The smallest absolute Gasteiger partial charge is 0.407 e. The van der Waals surface area contributed by atoms with Crippen molar-refractivity contribution >= 4 is 27.9 Å². The summed E-state index contributed by atoms with van der Waals surface area (Å²) in [4.78, 5) is 25.1. The fraction of sp³-hybridized carbons (Fsp3) is 0.588. The Morgan fingerprint density at radius 2 is 1.85 bits per heavy atom. The molecule has 5 atom stereocenters. The van der Waals surface area contributed by atoms with Gasteiger partial charge < -0.3 is 40.4 Å². The van der Waals surface area contributed by atoms with Crippen molar-refractivity contribution in [3.05, 3.63) is 60.2 Å². The number of benzene rings is 2. The Hall–Kier alpha value is -3.43. The highest BCUT2D eigenvalue weighted by molar-refractivity contribution is 7.89. The Morgan fingerprint density at radius 3 is 2.56 bits per heavy atom. The summed E-state index contributed by atoms with van der Waals surface area (Å²) in [6, 6.07) is 14.4. The Labute approximate surface area is 283 Å². The Kier molecular flexibility index (Phi) is 13.1. The van der Waals surface area contributed by atoms with E-state index in [0.29, 0.717) is 32.4 Å². The first-order valence-electron chi connectivity index (χ1n) is 16.5. The van der Waals surface area contributed by atoms with Crippen LogP contribution in [-0.2, 0) is 35.4 Å². The maximum Gasteiger partial charge on any atom is 0.407 e. The number of nitrogen functional groups attached to an aromatic ring is 1. The molecule has 2 fully saturated rings. The van der Waals surface area contributed by atoms with Gasteiger partial charge in [-0.3, -0.25) is 0 Å². The lowest BCUT2D eigenvalue weighted by Gasteiger charge is -2.35. The molecule has 2 amide bonds. The number of ether oxygens (including phenoxy) is 4. The number of carbonyl (C=O) groups is 2. The number of aliphatic hydroxyl groups is 1. The number of anilines is 1. The van der Waals surface area contributed by atoms with Gasteiger partial charge in [-0.15, -0.1) is 0 Å². The molecule has 0 unspecified atom stereocenters. The van der Waals surface area contributed by atoms with Crippen molar-refractivity contribution in [1.82, 2.24) is 14.9 Å². The number of aliphatic hydroxyl groups excluding tert-OH is 1. The van der Waals surface area contributed by atoms with Gasteiger partial charge >= 0.3 is 12.2 Å². The van der Waals surface area contributed by atoms with E-state index in [0.717, 1.165) is 5.56 Å². The number of rotatable bonds is 16. The highest BCUT2D eigenvalue weighted by atomic mass is 32.2. The summed E-state index contributed by atoms with van der Waals surface area (Å²) < 4.78 is 51.4. The Morgan fingerprint density at radius 1 is 1.10 bits per heavy atom. The van der Waals surface area contributed by atoms with Gasteiger partial charge in [0.15, 0.2) is 6.29 Å². The summed E-state index contributed by atoms with van der Waals surface area (Å²) >= 11 is 0. The molecule has 2 aromatic rings. The SMILES string of the molecule is CC(C)OC(=O)NCCCC(C)(C)CN(C[C@@H](O)[C@H](Cc1ccccc1)NC(=O)O[C@H]1CO[C@H]2OCC[C@H]21)S(=O)(=O)c1cccc(N)c1. The normalized spacial score (nSPS) is 20.7. The van der Waals surface area contributed by atoms with Gasteiger partial charge in [0.2, 0.25) is 10.0 Å². The summed E-state index contributed by atoms with van der Waals surface area (Å²) in [5, 5.41) is 17.2. The van der Waals surface area contributed by atoms with Gasteiger partial charge in [0, 0.05) is 25.3 Å². The van der Waals surface area contributed by atoms with Crippen LogP contribution in [0.15, 0.2) is 59.5 Å². The lowest BCUT2D eigenvalue weighted by Crippen LogP contribution is -2.52. The van der Waals surface area contributed by atoms with E-state index in [-0.39, 0.29) is 48.7 Å². The first-order chi connectivity index (χ1) is 22.7. The Bertz CT molecular complexity index is 1460. The predicted octanol–water partition coefficient (Wildman–Crippen LogP) is 3.66. The fourth-order valence-corrected chi connectivity index (χ4v) is 7.70. The van der Waals surface area contributed by atoms with Gasteiger partial charge in [-0.2, -0.15) is 4.31 Å². The molecule has 0 aliphatic carbocycles. The Balaban J connectivity index is 1.51. The van der Waals surface area contributed by atoms with Crippen molar-refractivity contribution in [2.24, 2.45) is 11.3 Å². The van der Waals surface area contributed by atoms with Gasteiger partial charge in [-0.05, 0) is 68.7 Å². The molecule has 2 aliphatic heterocycles. The minimum Gasteiger partial charge on any atom is -0.447 e. The number of carbonyl (C=O) groups excluding carboxylic acids is 2. The van der Waals surface area contributed by atoms with E-state index in [9.17, 15) is 23.1 Å². The van der Waals surface area contributed by atoms with Gasteiger partial charge in [-0.25, -0.2) is 18.0 Å². The van der Waals surface area contributed by atoms with E-state index in [1.165, 1.54) is 16.4 Å². The molecule has 0 bridgehead atoms. The standard InChI is InChI=1S/C34H50N4O9S/c1-23(2)46-32(40)36-16-9-15-34(3,4)22-38(48(42,43)26-13-8-12-25(35)19-26)20-29(39)28(18-24-10-6-5-7-11-24)37-33(41)47-30-21-45-31-27(30)14-17-44-31/h5-8,10-13,19,23,27-31,39H,9,14-18,20-22,35H2,1-4H3,(H,36,40)(H,37,41)/t27-,28-,29+,30-,31+/m0/s1. The number of hydrogen-bond acceptors (Lipinski definition) is 10. The maximum atomic E-state index is 14.1. The van der Waals surface area contributed by atoms with Crippen molar-refractivity contribution in [3.8, 4) is 0 Å². The van der Waals surface area contributed by atoms with Gasteiger partial charge in [-0.1, -0.05) is 50.2 Å². The van der Waals surface area contributed by atoms with E-state index in [2.05, 4.69) is 10.6 Å². The zero-order valence-electron chi connectivity index (χ0n) is 28.2. The van der Waals surface area contributed by atoms with Crippen LogP contribution in [-0.4, -0.2) is 93.5 Å². The summed E-state index contributed by atoms with van der Waals surface area (Å²) in [6.07, 6.45) is -1.63. The summed E-state index contributed by atoms with van der Waals surface area (Å²) in [7, 11) is -4.14. The van der Waals surface area contributed by atoms with Crippen molar-refractivity contribution in [1.29, 1.82) is 0 Å². The number of sulfonamides is 1. The lowest BCUT2D eigenvalue weighted by molar-refractivity contribution is -0.0907. The van der Waals surface area contributed by atoms with Crippen LogP contribution in [0.25, 0.3) is 0 Å². The van der Waals surface area contributed by atoms with Crippen LogP contribution >= 0.6 is 0 Å². The predicted molar refractivity (Wildman–Crippen MR) is 179 cm³/mol. The average molecular weight is 691 g/mol. The molecular formula is C34H50N4O9S. The second-order valence-corrected chi connectivity index (χ2v) is 15.4. The molecular weight excluding hydrogens is 640 g/mol. The van der Waals surface area contributed by atoms with Crippen LogP contribution < -0.4 is 16.4 Å². The third-order valence-corrected chi connectivity index (χ3v) is 10.3. The first-order valence-corrected chi connectivity index (χ1v) is 17.9. The minimum absolute atomic E-state index is 0.00912. The second kappa shape index (κ2) is 16.8. The van der Waals surface area contributed by atoms with E-state index >= 15 is 0 Å². The van der Waals surface area contributed by atoms with Gasteiger partial charge in [0.05, 0.1) is 42.3 Å². The van der Waals surface area contributed by atoms with Crippen LogP contribution in [0.3, 0.4) is 0 Å². The first kappa shape index (κ1) is 37.4.